The lowest BCUT2D eigenvalue weighted by molar-refractivity contribution is -0.148. The number of aliphatic carboxylic acids is 1. The standard InChI is InChI=1S/C14H25N3O4/c1-9(2)7-17(8-11(15)18)13(21)16-10-5-4-6-14(10,3)12(19)20/h9-10H,4-8H2,1-3H3,(H2,15,18)(H,16,21)(H,19,20). The van der Waals surface area contributed by atoms with Crippen molar-refractivity contribution in [1.29, 1.82) is 0 Å². The van der Waals surface area contributed by atoms with Crippen LogP contribution in [0.25, 0.3) is 0 Å². The molecule has 1 aliphatic rings. The van der Waals surface area contributed by atoms with Crippen molar-refractivity contribution in [2.75, 3.05) is 13.1 Å². The number of carboxylic acid groups (broad SMARTS) is 1. The van der Waals surface area contributed by atoms with Crippen molar-refractivity contribution < 1.29 is 19.5 Å². The number of carbonyl (C=O) groups is 3. The number of urea groups is 1. The Bertz CT molecular complexity index is 424. The van der Waals surface area contributed by atoms with E-state index in [2.05, 4.69) is 5.32 Å². The van der Waals surface area contributed by atoms with E-state index in [1.807, 2.05) is 13.8 Å². The molecule has 0 aromatic rings. The number of hydrogen-bond donors (Lipinski definition) is 3. The summed E-state index contributed by atoms with van der Waals surface area (Å²) < 4.78 is 0. The first kappa shape index (κ1) is 17.3. The molecule has 0 heterocycles. The summed E-state index contributed by atoms with van der Waals surface area (Å²) in [7, 11) is 0. The van der Waals surface area contributed by atoms with Crippen LogP contribution < -0.4 is 11.1 Å². The number of carboxylic acids is 1. The summed E-state index contributed by atoms with van der Waals surface area (Å²) in [6.45, 7) is 5.73. The Morgan fingerprint density at radius 3 is 2.52 bits per heavy atom. The van der Waals surface area contributed by atoms with Crippen molar-refractivity contribution in [2.45, 2.75) is 46.1 Å². The van der Waals surface area contributed by atoms with Gasteiger partial charge in [0, 0.05) is 12.6 Å². The lowest BCUT2D eigenvalue weighted by Gasteiger charge is -2.31. The van der Waals surface area contributed by atoms with Crippen molar-refractivity contribution in [2.24, 2.45) is 17.1 Å². The fraction of sp³-hybridized carbons (Fsp3) is 0.786. The molecule has 0 radical (unpaired) electrons. The van der Waals surface area contributed by atoms with Crippen LogP contribution in [0.3, 0.4) is 0 Å². The molecule has 0 aromatic heterocycles. The van der Waals surface area contributed by atoms with Crippen LogP contribution in [0.2, 0.25) is 0 Å². The molecule has 4 N–H and O–H groups in total. The van der Waals surface area contributed by atoms with Gasteiger partial charge in [-0.15, -0.1) is 0 Å². The van der Waals surface area contributed by atoms with Crippen molar-refractivity contribution in [3.05, 3.63) is 0 Å². The van der Waals surface area contributed by atoms with Crippen LogP contribution in [0.15, 0.2) is 0 Å². The van der Waals surface area contributed by atoms with Crippen LogP contribution in [0.4, 0.5) is 4.79 Å². The van der Waals surface area contributed by atoms with Gasteiger partial charge in [-0.2, -0.15) is 0 Å². The molecule has 0 saturated heterocycles. The Hall–Kier alpha value is -1.79. The number of amides is 3. The Labute approximate surface area is 124 Å². The van der Waals surface area contributed by atoms with Crippen LogP contribution in [-0.2, 0) is 9.59 Å². The van der Waals surface area contributed by atoms with Crippen LogP contribution >= 0.6 is 0 Å². The Balaban J connectivity index is 2.76. The van der Waals surface area contributed by atoms with Gasteiger partial charge in [0.1, 0.15) is 6.54 Å². The van der Waals surface area contributed by atoms with E-state index in [-0.39, 0.29) is 12.5 Å². The molecule has 3 amide bonds. The highest BCUT2D eigenvalue weighted by Gasteiger charge is 2.46. The highest BCUT2D eigenvalue weighted by Crippen LogP contribution is 2.38. The van der Waals surface area contributed by atoms with E-state index >= 15 is 0 Å². The quantitative estimate of drug-likeness (QED) is 0.672. The second kappa shape index (κ2) is 6.78. The Kier molecular flexibility index (Phi) is 5.57. The van der Waals surface area contributed by atoms with Gasteiger partial charge >= 0.3 is 12.0 Å². The molecule has 1 saturated carbocycles. The molecule has 0 bridgehead atoms. The molecule has 120 valence electrons. The molecule has 7 heteroatoms. The minimum absolute atomic E-state index is 0.166. The minimum Gasteiger partial charge on any atom is -0.481 e. The SMILES string of the molecule is CC(C)CN(CC(N)=O)C(=O)NC1CCCC1(C)C(=O)O. The number of rotatable bonds is 6. The van der Waals surface area contributed by atoms with E-state index in [0.717, 1.165) is 6.42 Å². The Morgan fingerprint density at radius 2 is 2.05 bits per heavy atom. The normalized spacial score (nSPS) is 24.9. The summed E-state index contributed by atoms with van der Waals surface area (Å²) in [5.41, 5.74) is 4.21. The Morgan fingerprint density at radius 1 is 1.43 bits per heavy atom. The minimum atomic E-state index is -0.952. The van der Waals surface area contributed by atoms with Crippen molar-refractivity contribution in [1.82, 2.24) is 10.2 Å². The number of nitrogens with zero attached hydrogens (tertiary/aromatic N) is 1. The molecule has 0 aliphatic heterocycles. The molecule has 21 heavy (non-hydrogen) atoms. The van der Waals surface area contributed by atoms with Gasteiger partial charge in [0.05, 0.1) is 5.41 Å². The van der Waals surface area contributed by atoms with Crippen molar-refractivity contribution >= 4 is 17.9 Å². The highest BCUT2D eigenvalue weighted by molar-refractivity contribution is 5.84. The monoisotopic (exact) mass is 299 g/mol. The smallest absolute Gasteiger partial charge is 0.318 e. The summed E-state index contributed by atoms with van der Waals surface area (Å²) in [4.78, 5) is 36.1. The first-order valence-electron chi connectivity index (χ1n) is 7.24. The van der Waals surface area contributed by atoms with Crippen LogP contribution in [0, 0.1) is 11.3 Å². The zero-order valence-corrected chi connectivity index (χ0v) is 12.9. The lowest BCUT2D eigenvalue weighted by Crippen LogP contribution is -2.53. The van der Waals surface area contributed by atoms with Crippen molar-refractivity contribution in [3.8, 4) is 0 Å². The van der Waals surface area contributed by atoms with Gasteiger partial charge in [-0.25, -0.2) is 4.79 Å². The number of nitrogens with two attached hydrogens (primary N) is 1. The van der Waals surface area contributed by atoms with Gasteiger partial charge in [0.15, 0.2) is 0 Å². The van der Waals surface area contributed by atoms with Crippen LogP contribution in [-0.4, -0.2) is 47.0 Å². The maximum absolute atomic E-state index is 12.3. The molecule has 1 aliphatic carbocycles. The topological polar surface area (TPSA) is 113 Å². The third-order valence-electron chi connectivity index (χ3n) is 3.96. The molecule has 2 unspecified atom stereocenters. The molecule has 7 nitrogen and oxygen atoms in total. The van der Waals surface area contributed by atoms with Gasteiger partial charge in [0.25, 0.3) is 0 Å². The summed E-state index contributed by atoms with van der Waals surface area (Å²) in [5.74, 6) is -1.31. The van der Waals surface area contributed by atoms with Crippen LogP contribution in [0.1, 0.15) is 40.0 Å². The summed E-state index contributed by atoms with van der Waals surface area (Å²) in [5, 5.41) is 12.1. The van der Waals surface area contributed by atoms with E-state index in [1.54, 1.807) is 6.92 Å². The molecular weight excluding hydrogens is 274 g/mol. The average molecular weight is 299 g/mol. The molecule has 1 rings (SSSR count). The molecule has 1 fully saturated rings. The third kappa shape index (κ3) is 4.34. The highest BCUT2D eigenvalue weighted by atomic mass is 16.4. The first-order chi connectivity index (χ1) is 9.66. The zero-order valence-electron chi connectivity index (χ0n) is 12.9. The zero-order chi connectivity index (χ0) is 16.2. The van der Waals surface area contributed by atoms with Gasteiger partial charge in [0.2, 0.25) is 5.91 Å². The van der Waals surface area contributed by atoms with Gasteiger partial charge < -0.3 is 21.1 Å². The fourth-order valence-corrected chi connectivity index (χ4v) is 2.74. The number of carbonyl (C=O) groups excluding carboxylic acids is 2. The van der Waals surface area contributed by atoms with E-state index in [9.17, 15) is 19.5 Å². The second-order valence-electron chi connectivity index (χ2n) is 6.36. The van der Waals surface area contributed by atoms with Gasteiger partial charge in [-0.1, -0.05) is 20.3 Å². The summed E-state index contributed by atoms with van der Waals surface area (Å²) >= 11 is 0. The number of primary amides is 1. The maximum atomic E-state index is 12.3. The maximum Gasteiger partial charge on any atom is 0.318 e. The van der Waals surface area contributed by atoms with E-state index in [0.29, 0.717) is 19.4 Å². The first-order valence-corrected chi connectivity index (χ1v) is 7.24. The van der Waals surface area contributed by atoms with E-state index < -0.39 is 29.4 Å². The van der Waals surface area contributed by atoms with E-state index in [1.165, 1.54) is 4.90 Å². The van der Waals surface area contributed by atoms with E-state index in [4.69, 9.17) is 5.73 Å². The largest absolute Gasteiger partial charge is 0.481 e. The van der Waals surface area contributed by atoms with Gasteiger partial charge in [-0.3, -0.25) is 9.59 Å². The summed E-state index contributed by atoms with van der Waals surface area (Å²) in [6.07, 6.45) is 1.92. The predicted octanol–water partition coefficient (Wildman–Crippen LogP) is 0.783. The van der Waals surface area contributed by atoms with Crippen LogP contribution in [0.5, 0.6) is 0 Å². The predicted molar refractivity (Wildman–Crippen MR) is 77.5 cm³/mol. The molecular formula is C14H25N3O4. The molecule has 0 aromatic carbocycles. The van der Waals surface area contributed by atoms with Crippen molar-refractivity contribution in [3.63, 3.8) is 0 Å². The number of hydrogen-bond acceptors (Lipinski definition) is 3. The number of nitrogens with one attached hydrogen (secondary N) is 1. The molecule has 2 atom stereocenters. The average Bonchev–Trinajstić information content (AvgIpc) is 2.70. The third-order valence-corrected chi connectivity index (χ3v) is 3.96. The fourth-order valence-electron chi connectivity index (χ4n) is 2.74. The second-order valence-corrected chi connectivity index (χ2v) is 6.36. The summed E-state index contributed by atoms with van der Waals surface area (Å²) in [6, 6.07) is -0.855. The molecule has 0 spiro atoms. The lowest BCUT2D eigenvalue weighted by atomic mass is 9.85. The van der Waals surface area contributed by atoms with Gasteiger partial charge in [-0.05, 0) is 25.7 Å².